The summed E-state index contributed by atoms with van der Waals surface area (Å²) in [4.78, 5) is 0. The van der Waals surface area contributed by atoms with Crippen LogP contribution in [0.25, 0.3) is 0 Å². The van der Waals surface area contributed by atoms with E-state index in [9.17, 15) is 8.78 Å². The Hall–Kier alpha value is -1.21. The van der Waals surface area contributed by atoms with Crippen LogP contribution in [0, 0.1) is 23.5 Å². The second kappa shape index (κ2) is 4.87. The SMILES string of the molecule is Nc1cc(F)c(C#CCCS)cc1F. The van der Waals surface area contributed by atoms with Crippen LogP contribution in [0.5, 0.6) is 0 Å². The Morgan fingerprint density at radius 3 is 2.64 bits per heavy atom. The summed E-state index contributed by atoms with van der Waals surface area (Å²) in [5, 5.41) is 0. The fourth-order valence-electron chi connectivity index (χ4n) is 0.872. The fraction of sp³-hybridized carbons (Fsp3) is 0.200. The normalized spacial score (nSPS) is 9.36. The van der Waals surface area contributed by atoms with Gasteiger partial charge in [0.15, 0.2) is 0 Å². The molecule has 0 heterocycles. The molecule has 1 nitrogen and oxygen atoms in total. The summed E-state index contributed by atoms with van der Waals surface area (Å²) in [6.07, 6.45) is 0.536. The minimum Gasteiger partial charge on any atom is -0.396 e. The van der Waals surface area contributed by atoms with Crippen molar-refractivity contribution < 1.29 is 8.78 Å². The van der Waals surface area contributed by atoms with E-state index >= 15 is 0 Å². The number of halogens is 2. The summed E-state index contributed by atoms with van der Waals surface area (Å²) in [5.74, 6) is 4.51. The lowest BCUT2D eigenvalue weighted by Gasteiger charge is -1.98. The van der Waals surface area contributed by atoms with E-state index in [1.165, 1.54) is 0 Å². The van der Waals surface area contributed by atoms with E-state index in [1.807, 2.05) is 0 Å². The first-order valence-corrected chi connectivity index (χ1v) is 4.62. The van der Waals surface area contributed by atoms with Crippen LogP contribution in [0.3, 0.4) is 0 Å². The van der Waals surface area contributed by atoms with E-state index in [-0.39, 0.29) is 11.3 Å². The van der Waals surface area contributed by atoms with Crippen molar-refractivity contribution in [2.24, 2.45) is 0 Å². The molecule has 0 aliphatic heterocycles. The van der Waals surface area contributed by atoms with E-state index in [4.69, 9.17) is 5.73 Å². The monoisotopic (exact) mass is 213 g/mol. The topological polar surface area (TPSA) is 26.0 Å². The molecular formula is C10H9F2NS. The highest BCUT2D eigenvalue weighted by Crippen LogP contribution is 2.15. The van der Waals surface area contributed by atoms with Crippen molar-refractivity contribution in [3.05, 3.63) is 29.3 Å². The second-order valence-electron chi connectivity index (χ2n) is 2.63. The van der Waals surface area contributed by atoms with Crippen molar-refractivity contribution in [1.29, 1.82) is 0 Å². The highest BCUT2D eigenvalue weighted by molar-refractivity contribution is 7.80. The second-order valence-corrected chi connectivity index (χ2v) is 3.08. The molecule has 1 aromatic carbocycles. The molecule has 0 atom stereocenters. The predicted molar refractivity (Wildman–Crippen MR) is 56.1 cm³/mol. The Morgan fingerprint density at radius 2 is 2.00 bits per heavy atom. The Kier molecular flexibility index (Phi) is 3.78. The van der Waals surface area contributed by atoms with Gasteiger partial charge in [0, 0.05) is 18.2 Å². The minimum absolute atomic E-state index is 0.0264. The number of hydrogen-bond donors (Lipinski definition) is 2. The number of nitrogens with two attached hydrogens (primary N) is 1. The molecule has 14 heavy (non-hydrogen) atoms. The lowest BCUT2D eigenvalue weighted by Crippen LogP contribution is -1.94. The molecule has 2 N–H and O–H groups in total. The number of benzene rings is 1. The predicted octanol–water partition coefficient (Wildman–Crippen LogP) is 2.22. The van der Waals surface area contributed by atoms with E-state index in [2.05, 4.69) is 24.5 Å². The molecule has 0 fully saturated rings. The maximum Gasteiger partial charge on any atom is 0.147 e. The molecular weight excluding hydrogens is 204 g/mol. The zero-order chi connectivity index (χ0) is 10.6. The molecule has 0 spiro atoms. The first kappa shape index (κ1) is 10.9. The lowest BCUT2D eigenvalue weighted by molar-refractivity contribution is 0.601. The van der Waals surface area contributed by atoms with Crippen molar-refractivity contribution in [3.63, 3.8) is 0 Å². The summed E-state index contributed by atoms with van der Waals surface area (Å²) in [7, 11) is 0. The van der Waals surface area contributed by atoms with Crippen LogP contribution >= 0.6 is 12.6 Å². The summed E-state index contributed by atoms with van der Waals surface area (Å²) >= 11 is 3.94. The van der Waals surface area contributed by atoms with Gasteiger partial charge in [-0.2, -0.15) is 12.6 Å². The molecule has 0 saturated carbocycles. The lowest BCUT2D eigenvalue weighted by atomic mass is 10.2. The third-order valence-corrected chi connectivity index (χ3v) is 1.77. The number of rotatable bonds is 1. The molecule has 0 radical (unpaired) electrons. The van der Waals surface area contributed by atoms with Crippen LogP contribution in [0.1, 0.15) is 12.0 Å². The molecule has 74 valence electrons. The van der Waals surface area contributed by atoms with Gasteiger partial charge in [0.2, 0.25) is 0 Å². The Bertz CT molecular complexity index is 393. The van der Waals surface area contributed by atoms with Crippen LogP contribution in [-0.4, -0.2) is 5.75 Å². The first-order valence-electron chi connectivity index (χ1n) is 3.99. The number of anilines is 1. The van der Waals surface area contributed by atoms with Gasteiger partial charge in [0.25, 0.3) is 0 Å². The molecule has 1 rings (SSSR count). The van der Waals surface area contributed by atoms with E-state index in [0.29, 0.717) is 12.2 Å². The number of thiol groups is 1. The van der Waals surface area contributed by atoms with Gasteiger partial charge < -0.3 is 5.73 Å². The van der Waals surface area contributed by atoms with Crippen molar-refractivity contribution >= 4 is 18.3 Å². The van der Waals surface area contributed by atoms with Crippen molar-refractivity contribution in [2.45, 2.75) is 6.42 Å². The van der Waals surface area contributed by atoms with Crippen molar-refractivity contribution in [3.8, 4) is 11.8 Å². The Morgan fingerprint density at radius 1 is 1.29 bits per heavy atom. The van der Waals surface area contributed by atoms with Gasteiger partial charge in [0.1, 0.15) is 11.6 Å². The third-order valence-electron chi connectivity index (χ3n) is 1.55. The van der Waals surface area contributed by atoms with Gasteiger partial charge in [0.05, 0.1) is 11.3 Å². The number of hydrogen-bond acceptors (Lipinski definition) is 2. The highest BCUT2D eigenvalue weighted by Gasteiger charge is 2.04. The Labute approximate surface area is 86.7 Å². The van der Waals surface area contributed by atoms with Gasteiger partial charge in [-0.25, -0.2) is 8.78 Å². The van der Waals surface area contributed by atoms with Crippen molar-refractivity contribution in [1.82, 2.24) is 0 Å². The van der Waals surface area contributed by atoms with Gasteiger partial charge in [-0.05, 0) is 6.07 Å². The maximum absolute atomic E-state index is 13.1. The average Bonchev–Trinajstić information content (AvgIpc) is 2.14. The molecule has 0 aliphatic carbocycles. The average molecular weight is 213 g/mol. The van der Waals surface area contributed by atoms with Crippen LogP contribution < -0.4 is 5.73 Å². The van der Waals surface area contributed by atoms with E-state index < -0.39 is 11.6 Å². The van der Waals surface area contributed by atoms with Gasteiger partial charge in [-0.1, -0.05) is 11.8 Å². The molecule has 0 unspecified atom stereocenters. The molecule has 0 saturated heterocycles. The molecule has 0 amide bonds. The van der Waals surface area contributed by atoms with Crippen LogP contribution in [0.4, 0.5) is 14.5 Å². The van der Waals surface area contributed by atoms with Gasteiger partial charge in [-0.3, -0.25) is 0 Å². The van der Waals surface area contributed by atoms with Crippen molar-refractivity contribution in [2.75, 3.05) is 11.5 Å². The quantitative estimate of drug-likeness (QED) is 0.417. The summed E-state index contributed by atoms with van der Waals surface area (Å²) in [6, 6.07) is 1.93. The smallest absolute Gasteiger partial charge is 0.147 e. The number of nitrogen functional groups attached to an aromatic ring is 1. The largest absolute Gasteiger partial charge is 0.396 e. The minimum atomic E-state index is -0.651. The summed E-state index contributed by atoms with van der Waals surface area (Å²) in [5.41, 5.74) is 4.99. The first-order chi connectivity index (χ1) is 6.65. The maximum atomic E-state index is 13.1. The van der Waals surface area contributed by atoms with E-state index in [1.54, 1.807) is 0 Å². The van der Waals surface area contributed by atoms with Gasteiger partial charge in [-0.15, -0.1) is 0 Å². The van der Waals surface area contributed by atoms with Crippen LogP contribution in [-0.2, 0) is 0 Å². The highest BCUT2D eigenvalue weighted by atomic mass is 32.1. The summed E-state index contributed by atoms with van der Waals surface area (Å²) < 4.78 is 26.0. The fourth-order valence-corrected chi connectivity index (χ4v) is 0.983. The molecule has 1 aromatic rings. The van der Waals surface area contributed by atoms with Gasteiger partial charge >= 0.3 is 0 Å². The third kappa shape index (κ3) is 2.64. The standard InChI is InChI=1S/C10H9F2NS/c11-8-6-10(13)9(12)5-7(8)3-1-2-4-14/h5-6,14H,2,4,13H2. The zero-order valence-corrected chi connectivity index (χ0v) is 8.24. The van der Waals surface area contributed by atoms with Crippen LogP contribution in [0.2, 0.25) is 0 Å². The van der Waals surface area contributed by atoms with E-state index in [0.717, 1.165) is 12.1 Å². The zero-order valence-electron chi connectivity index (χ0n) is 7.35. The molecule has 0 aromatic heterocycles. The molecule has 0 aliphatic rings. The van der Waals surface area contributed by atoms with Crippen LogP contribution in [0.15, 0.2) is 12.1 Å². The molecule has 4 heteroatoms. The Balaban J connectivity index is 3.00. The molecule has 0 bridgehead atoms. The summed E-state index contributed by atoms with van der Waals surface area (Å²) in [6.45, 7) is 0.